The van der Waals surface area contributed by atoms with Gasteiger partial charge in [0.25, 0.3) is 0 Å². The number of carboxylic acids is 1. The summed E-state index contributed by atoms with van der Waals surface area (Å²) in [5, 5.41) is 8.51. The van der Waals surface area contributed by atoms with Gasteiger partial charge in [0.05, 0.1) is 5.56 Å². The Morgan fingerprint density at radius 2 is 1.83 bits per heavy atom. The molecule has 0 aromatic heterocycles. The molecule has 0 aliphatic heterocycles. The highest BCUT2D eigenvalue weighted by molar-refractivity contribution is 6.00. The predicted octanol–water partition coefficient (Wildman–Crippen LogP) is 1.69. The highest BCUT2D eigenvalue weighted by Crippen LogP contribution is 2.32. The maximum absolute atomic E-state index is 12.6. The number of hydrogen-bond donors (Lipinski definition) is 2. The summed E-state index contributed by atoms with van der Waals surface area (Å²) in [6.07, 6.45) is -5.35. The molecule has 0 fully saturated rings. The van der Waals surface area contributed by atoms with Crippen LogP contribution in [-0.4, -0.2) is 22.9 Å². The lowest BCUT2D eigenvalue weighted by atomic mass is 9.99. The first-order chi connectivity index (χ1) is 8.23. The molecule has 18 heavy (non-hydrogen) atoms. The van der Waals surface area contributed by atoms with Crippen molar-refractivity contribution in [1.29, 1.82) is 0 Å². The number of carbonyl (C=O) groups excluding carboxylic acids is 1. The van der Waals surface area contributed by atoms with Gasteiger partial charge in [0.2, 0.25) is 0 Å². The fourth-order valence-corrected chi connectivity index (χ4v) is 1.37. The number of Topliss-reactive ketones (excluding diaryl/α,β-unsaturated/α-hetero) is 1. The minimum Gasteiger partial charge on any atom is -0.480 e. The molecule has 3 N–H and O–H groups in total. The fourth-order valence-electron chi connectivity index (χ4n) is 1.37. The third-order valence-corrected chi connectivity index (χ3v) is 2.26. The lowest BCUT2D eigenvalue weighted by Gasteiger charge is -2.12. The second-order valence-electron chi connectivity index (χ2n) is 3.62. The van der Waals surface area contributed by atoms with Gasteiger partial charge >= 0.3 is 12.1 Å². The standard InChI is InChI=1S/C11H10F3NO3/c12-11(13,14)7-4-2-1-3-6(7)9(16)5-8(15)10(17)18/h1-4,8H,5,15H2,(H,17,18). The summed E-state index contributed by atoms with van der Waals surface area (Å²) in [6.45, 7) is 0. The van der Waals surface area contributed by atoms with Crippen LogP contribution in [0.25, 0.3) is 0 Å². The summed E-state index contributed by atoms with van der Waals surface area (Å²) in [5.74, 6) is -2.38. The molecule has 0 spiro atoms. The molecule has 1 unspecified atom stereocenters. The molecule has 0 bridgehead atoms. The summed E-state index contributed by atoms with van der Waals surface area (Å²) in [6, 6.07) is 2.67. The summed E-state index contributed by atoms with van der Waals surface area (Å²) in [7, 11) is 0. The van der Waals surface area contributed by atoms with E-state index in [1.807, 2.05) is 0 Å². The molecule has 0 aliphatic rings. The number of aliphatic carboxylic acids is 1. The van der Waals surface area contributed by atoms with Crippen LogP contribution >= 0.6 is 0 Å². The van der Waals surface area contributed by atoms with Crippen molar-refractivity contribution >= 4 is 11.8 Å². The second kappa shape index (κ2) is 5.18. The first-order valence-corrected chi connectivity index (χ1v) is 4.91. The first kappa shape index (κ1) is 14.2. The van der Waals surface area contributed by atoms with Gasteiger partial charge in [0.1, 0.15) is 6.04 Å². The van der Waals surface area contributed by atoms with Crippen LogP contribution in [0.3, 0.4) is 0 Å². The van der Waals surface area contributed by atoms with E-state index in [4.69, 9.17) is 10.8 Å². The lowest BCUT2D eigenvalue weighted by molar-refractivity contribution is -0.138. The fraction of sp³-hybridized carbons (Fsp3) is 0.273. The van der Waals surface area contributed by atoms with Crippen LogP contribution < -0.4 is 5.73 Å². The molecule has 1 atom stereocenters. The molecule has 0 aliphatic carbocycles. The zero-order valence-electron chi connectivity index (χ0n) is 9.07. The number of carboxylic acid groups (broad SMARTS) is 1. The van der Waals surface area contributed by atoms with Gasteiger partial charge in [-0.2, -0.15) is 13.2 Å². The lowest BCUT2D eigenvalue weighted by Crippen LogP contribution is -2.33. The zero-order chi connectivity index (χ0) is 13.9. The van der Waals surface area contributed by atoms with E-state index in [0.29, 0.717) is 0 Å². The molecule has 1 aromatic carbocycles. The second-order valence-corrected chi connectivity index (χ2v) is 3.62. The molecule has 1 aromatic rings. The van der Waals surface area contributed by atoms with E-state index in [0.717, 1.165) is 18.2 Å². The number of carbonyl (C=O) groups is 2. The molecule has 0 radical (unpaired) electrons. The van der Waals surface area contributed by atoms with Crippen LogP contribution in [0.15, 0.2) is 24.3 Å². The van der Waals surface area contributed by atoms with Gasteiger partial charge in [0, 0.05) is 12.0 Å². The molecular formula is C11H10F3NO3. The third-order valence-electron chi connectivity index (χ3n) is 2.26. The Balaban J connectivity index is 3.03. The SMILES string of the molecule is NC(CC(=O)c1ccccc1C(F)(F)F)C(=O)O. The van der Waals surface area contributed by atoms with Crippen molar-refractivity contribution in [2.24, 2.45) is 5.73 Å². The van der Waals surface area contributed by atoms with Crippen molar-refractivity contribution in [3.8, 4) is 0 Å². The van der Waals surface area contributed by atoms with Gasteiger partial charge in [-0.1, -0.05) is 18.2 Å². The highest BCUT2D eigenvalue weighted by atomic mass is 19.4. The maximum atomic E-state index is 12.6. The van der Waals surface area contributed by atoms with Crippen LogP contribution in [0.1, 0.15) is 22.3 Å². The largest absolute Gasteiger partial charge is 0.480 e. The average molecular weight is 261 g/mol. The van der Waals surface area contributed by atoms with E-state index in [1.165, 1.54) is 6.07 Å². The van der Waals surface area contributed by atoms with Crippen LogP contribution in [-0.2, 0) is 11.0 Å². The van der Waals surface area contributed by atoms with Crippen LogP contribution in [0.4, 0.5) is 13.2 Å². The number of halogens is 3. The topological polar surface area (TPSA) is 80.4 Å². The molecule has 0 saturated carbocycles. The summed E-state index contributed by atoms with van der Waals surface area (Å²) >= 11 is 0. The maximum Gasteiger partial charge on any atom is 0.417 e. The number of rotatable bonds is 4. The summed E-state index contributed by atoms with van der Waals surface area (Å²) < 4.78 is 37.8. The Morgan fingerprint density at radius 3 is 2.33 bits per heavy atom. The van der Waals surface area contributed by atoms with Gasteiger partial charge in [-0.25, -0.2) is 0 Å². The zero-order valence-corrected chi connectivity index (χ0v) is 9.07. The molecule has 7 heteroatoms. The van der Waals surface area contributed by atoms with E-state index in [2.05, 4.69) is 0 Å². The van der Waals surface area contributed by atoms with Gasteiger partial charge in [-0.05, 0) is 6.07 Å². The van der Waals surface area contributed by atoms with E-state index in [9.17, 15) is 22.8 Å². The molecular weight excluding hydrogens is 251 g/mol. The minimum absolute atomic E-state index is 0.568. The first-order valence-electron chi connectivity index (χ1n) is 4.91. The van der Waals surface area contributed by atoms with Crippen LogP contribution in [0.2, 0.25) is 0 Å². The van der Waals surface area contributed by atoms with Crippen LogP contribution in [0.5, 0.6) is 0 Å². The van der Waals surface area contributed by atoms with Crippen molar-refractivity contribution in [1.82, 2.24) is 0 Å². The highest BCUT2D eigenvalue weighted by Gasteiger charge is 2.35. The Kier molecular flexibility index (Phi) is 4.07. The Morgan fingerprint density at radius 1 is 1.28 bits per heavy atom. The van der Waals surface area contributed by atoms with Crippen molar-refractivity contribution in [3.63, 3.8) is 0 Å². The number of ketones is 1. The molecule has 0 saturated heterocycles. The van der Waals surface area contributed by atoms with Gasteiger partial charge in [-0.3, -0.25) is 9.59 Å². The Bertz CT molecular complexity index is 471. The van der Waals surface area contributed by atoms with Gasteiger partial charge in [0.15, 0.2) is 5.78 Å². The molecule has 1 rings (SSSR count). The minimum atomic E-state index is -4.67. The average Bonchev–Trinajstić information content (AvgIpc) is 2.27. The molecule has 98 valence electrons. The number of benzene rings is 1. The monoisotopic (exact) mass is 261 g/mol. The molecule has 0 heterocycles. The van der Waals surface area contributed by atoms with E-state index < -0.39 is 41.5 Å². The van der Waals surface area contributed by atoms with Gasteiger partial charge < -0.3 is 10.8 Å². The Labute approximate surface area is 100 Å². The number of alkyl halides is 3. The van der Waals surface area contributed by atoms with Gasteiger partial charge in [-0.15, -0.1) is 0 Å². The van der Waals surface area contributed by atoms with E-state index >= 15 is 0 Å². The summed E-state index contributed by atoms with van der Waals surface area (Å²) in [4.78, 5) is 22.0. The van der Waals surface area contributed by atoms with Crippen molar-refractivity contribution < 1.29 is 27.9 Å². The number of hydrogen-bond acceptors (Lipinski definition) is 3. The van der Waals surface area contributed by atoms with Crippen molar-refractivity contribution in [2.45, 2.75) is 18.6 Å². The molecule has 4 nitrogen and oxygen atoms in total. The third kappa shape index (κ3) is 3.30. The predicted molar refractivity (Wildman–Crippen MR) is 56.0 cm³/mol. The summed E-state index contributed by atoms with van der Waals surface area (Å²) in [5.41, 5.74) is 3.45. The normalized spacial score (nSPS) is 13.1. The quantitative estimate of drug-likeness (QED) is 0.808. The van der Waals surface area contributed by atoms with E-state index in [1.54, 1.807) is 0 Å². The smallest absolute Gasteiger partial charge is 0.417 e. The Hall–Kier alpha value is -1.89. The van der Waals surface area contributed by atoms with E-state index in [-0.39, 0.29) is 0 Å². The number of nitrogens with two attached hydrogens (primary N) is 1. The van der Waals surface area contributed by atoms with Crippen LogP contribution in [0, 0.1) is 0 Å². The van der Waals surface area contributed by atoms with Crippen molar-refractivity contribution in [2.75, 3.05) is 0 Å². The molecule has 0 amide bonds. The van der Waals surface area contributed by atoms with Crippen molar-refractivity contribution in [3.05, 3.63) is 35.4 Å².